The summed E-state index contributed by atoms with van der Waals surface area (Å²) in [5, 5.41) is 0. The van der Waals surface area contributed by atoms with Gasteiger partial charge in [-0.2, -0.15) is 0 Å². The number of fused-ring (bicyclic) bond motifs is 1. The van der Waals surface area contributed by atoms with Crippen LogP contribution in [0.5, 0.6) is 0 Å². The molecule has 0 bridgehead atoms. The second kappa shape index (κ2) is 4.39. The first-order valence-electron chi connectivity index (χ1n) is 6.87. The Kier molecular flexibility index (Phi) is 3.28. The van der Waals surface area contributed by atoms with Crippen molar-refractivity contribution in [3.05, 3.63) is 23.8 Å². The van der Waals surface area contributed by atoms with E-state index in [9.17, 15) is 0 Å². The van der Waals surface area contributed by atoms with Crippen molar-refractivity contribution in [2.45, 2.75) is 47.0 Å². The Labute approximate surface area is 101 Å². The molecule has 2 aliphatic rings. The van der Waals surface area contributed by atoms with Gasteiger partial charge in [0.25, 0.3) is 0 Å². The molecule has 0 heterocycles. The fourth-order valence-corrected chi connectivity index (χ4v) is 3.84. The van der Waals surface area contributed by atoms with E-state index < -0.39 is 0 Å². The maximum Gasteiger partial charge on any atom is -0.00764 e. The number of hydrogen-bond donors (Lipinski definition) is 0. The summed E-state index contributed by atoms with van der Waals surface area (Å²) in [4.78, 5) is 0. The van der Waals surface area contributed by atoms with Crippen molar-refractivity contribution in [1.29, 1.82) is 0 Å². The third kappa shape index (κ3) is 1.99. The van der Waals surface area contributed by atoms with Crippen molar-refractivity contribution in [1.82, 2.24) is 0 Å². The van der Waals surface area contributed by atoms with Gasteiger partial charge in [-0.15, -0.1) is 0 Å². The predicted octanol–water partition coefficient (Wildman–Crippen LogP) is 4.83. The van der Waals surface area contributed by atoms with Crippen molar-refractivity contribution in [2.75, 3.05) is 0 Å². The second-order valence-electron chi connectivity index (χ2n) is 6.39. The summed E-state index contributed by atoms with van der Waals surface area (Å²) in [5.74, 6) is 4.15. The van der Waals surface area contributed by atoms with Gasteiger partial charge in [0.05, 0.1) is 0 Å². The van der Waals surface area contributed by atoms with E-state index in [1.807, 2.05) is 0 Å². The first kappa shape index (κ1) is 12.0. The highest BCUT2D eigenvalue weighted by Crippen LogP contribution is 2.48. The highest BCUT2D eigenvalue weighted by atomic mass is 14.4. The van der Waals surface area contributed by atoms with E-state index in [1.54, 1.807) is 5.57 Å². The Morgan fingerprint density at radius 1 is 1.31 bits per heavy atom. The SMILES string of the molecule is C=C1C=C(C)C2CC(C(C)C)CCC(C)C12. The smallest absolute Gasteiger partial charge is 0.00764 e. The van der Waals surface area contributed by atoms with E-state index in [-0.39, 0.29) is 0 Å². The minimum absolute atomic E-state index is 0.753. The predicted molar refractivity (Wildman–Crippen MR) is 71.2 cm³/mol. The van der Waals surface area contributed by atoms with Gasteiger partial charge >= 0.3 is 0 Å². The molecule has 4 atom stereocenters. The summed E-state index contributed by atoms with van der Waals surface area (Å²) in [6.45, 7) is 13.8. The van der Waals surface area contributed by atoms with E-state index in [1.165, 1.54) is 24.8 Å². The monoisotopic (exact) mass is 218 g/mol. The zero-order valence-electron chi connectivity index (χ0n) is 11.3. The van der Waals surface area contributed by atoms with Crippen LogP contribution in [-0.4, -0.2) is 0 Å². The minimum atomic E-state index is 0.753. The first-order chi connectivity index (χ1) is 7.50. The van der Waals surface area contributed by atoms with Crippen LogP contribution in [-0.2, 0) is 0 Å². The zero-order chi connectivity index (χ0) is 11.9. The molecule has 2 rings (SSSR count). The summed E-state index contributed by atoms with van der Waals surface area (Å²) in [6, 6.07) is 0. The lowest BCUT2D eigenvalue weighted by molar-refractivity contribution is 0.299. The van der Waals surface area contributed by atoms with E-state index in [0.717, 1.165) is 29.6 Å². The van der Waals surface area contributed by atoms with Crippen molar-refractivity contribution in [3.63, 3.8) is 0 Å². The molecule has 0 N–H and O–H groups in total. The Bertz CT molecular complexity index is 308. The summed E-state index contributed by atoms with van der Waals surface area (Å²) >= 11 is 0. The Morgan fingerprint density at radius 2 is 2.00 bits per heavy atom. The zero-order valence-corrected chi connectivity index (χ0v) is 11.3. The van der Waals surface area contributed by atoms with Gasteiger partial charge < -0.3 is 0 Å². The van der Waals surface area contributed by atoms with Crippen molar-refractivity contribution in [3.8, 4) is 0 Å². The van der Waals surface area contributed by atoms with E-state index in [4.69, 9.17) is 0 Å². The average Bonchev–Trinajstić information content (AvgIpc) is 2.39. The van der Waals surface area contributed by atoms with E-state index in [0.29, 0.717) is 0 Å². The molecule has 90 valence electrons. The van der Waals surface area contributed by atoms with Crippen LogP contribution in [0.4, 0.5) is 0 Å². The summed E-state index contributed by atoms with van der Waals surface area (Å²) < 4.78 is 0. The highest BCUT2D eigenvalue weighted by molar-refractivity contribution is 5.34. The van der Waals surface area contributed by atoms with Gasteiger partial charge in [0.15, 0.2) is 0 Å². The van der Waals surface area contributed by atoms with Crippen LogP contribution in [0.15, 0.2) is 23.8 Å². The van der Waals surface area contributed by atoms with Crippen molar-refractivity contribution >= 4 is 0 Å². The number of rotatable bonds is 1. The molecule has 0 radical (unpaired) electrons. The van der Waals surface area contributed by atoms with Gasteiger partial charge in [0.2, 0.25) is 0 Å². The Balaban J connectivity index is 2.22. The van der Waals surface area contributed by atoms with E-state index in [2.05, 4.69) is 40.3 Å². The summed E-state index contributed by atoms with van der Waals surface area (Å²) in [6.07, 6.45) is 6.57. The lowest BCUT2D eigenvalue weighted by Gasteiger charge is -2.26. The molecule has 0 saturated heterocycles. The fraction of sp³-hybridized carbons (Fsp3) is 0.750. The molecule has 1 saturated carbocycles. The maximum atomic E-state index is 4.27. The van der Waals surface area contributed by atoms with Crippen LogP contribution < -0.4 is 0 Å². The van der Waals surface area contributed by atoms with Gasteiger partial charge in [-0.3, -0.25) is 0 Å². The van der Waals surface area contributed by atoms with Gasteiger partial charge in [-0.1, -0.05) is 44.6 Å². The fourth-order valence-electron chi connectivity index (χ4n) is 3.84. The summed E-state index contributed by atoms with van der Waals surface area (Å²) in [7, 11) is 0. The molecule has 0 aromatic carbocycles. The lowest BCUT2D eigenvalue weighted by Crippen LogP contribution is -2.19. The molecule has 0 amide bonds. The van der Waals surface area contributed by atoms with Crippen LogP contribution in [0.25, 0.3) is 0 Å². The van der Waals surface area contributed by atoms with Crippen molar-refractivity contribution < 1.29 is 0 Å². The molecule has 0 aliphatic heterocycles. The third-order valence-electron chi connectivity index (χ3n) is 4.96. The van der Waals surface area contributed by atoms with Crippen LogP contribution in [0.3, 0.4) is 0 Å². The molecule has 16 heavy (non-hydrogen) atoms. The number of hydrogen-bond acceptors (Lipinski definition) is 0. The Hall–Kier alpha value is -0.520. The van der Waals surface area contributed by atoms with Gasteiger partial charge in [-0.25, -0.2) is 0 Å². The quantitative estimate of drug-likeness (QED) is 0.591. The maximum absolute atomic E-state index is 4.27. The summed E-state index contributed by atoms with van der Waals surface area (Å²) in [5.41, 5.74) is 2.99. The van der Waals surface area contributed by atoms with Gasteiger partial charge in [-0.05, 0) is 55.8 Å². The standard InChI is InChI=1S/C16H26/c1-10(2)14-7-6-11(3)16-13(5)8-12(4)15(16)9-14/h8,10-11,14-16H,5-7,9H2,1-4H3. The molecule has 0 heteroatoms. The molecule has 0 spiro atoms. The largest absolute Gasteiger partial charge is 0.0955 e. The third-order valence-corrected chi connectivity index (χ3v) is 4.96. The normalized spacial score (nSPS) is 39.6. The van der Waals surface area contributed by atoms with Crippen molar-refractivity contribution in [2.24, 2.45) is 29.6 Å². The number of allylic oxidation sites excluding steroid dienone is 3. The van der Waals surface area contributed by atoms with Crippen LogP contribution >= 0.6 is 0 Å². The lowest BCUT2D eigenvalue weighted by atomic mass is 9.78. The molecular formula is C16H26. The molecule has 0 aromatic rings. The highest BCUT2D eigenvalue weighted by Gasteiger charge is 2.38. The average molecular weight is 218 g/mol. The van der Waals surface area contributed by atoms with Crippen LogP contribution in [0, 0.1) is 29.6 Å². The van der Waals surface area contributed by atoms with Crippen LogP contribution in [0.1, 0.15) is 47.0 Å². The minimum Gasteiger partial charge on any atom is -0.0955 e. The van der Waals surface area contributed by atoms with E-state index >= 15 is 0 Å². The molecule has 4 unspecified atom stereocenters. The topological polar surface area (TPSA) is 0 Å². The Morgan fingerprint density at radius 3 is 2.62 bits per heavy atom. The second-order valence-corrected chi connectivity index (χ2v) is 6.39. The molecule has 2 aliphatic carbocycles. The molecular weight excluding hydrogens is 192 g/mol. The first-order valence-corrected chi connectivity index (χ1v) is 6.87. The van der Waals surface area contributed by atoms with Crippen LogP contribution in [0.2, 0.25) is 0 Å². The van der Waals surface area contributed by atoms with Gasteiger partial charge in [0, 0.05) is 0 Å². The molecule has 0 nitrogen and oxygen atoms in total. The van der Waals surface area contributed by atoms with Gasteiger partial charge in [0.1, 0.15) is 0 Å². The molecule has 1 fully saturated rings. The molecule has 0 aromatic heterocycles.